The molecule has 2 aliphatic heterocycles. The van der Waals surface area contributed by atoms with Crippen LogP contribution in [0.4, 0.5) is 5.13 Å². The summed E-state index contributed by atoms with van der Waals surface area (Å²) in [5, 5.41) is 0.361. The fraction of sp³-hybridized carbons (Fsp3) is 0.440. The second-order valence-electron chi connectivity index (χ2n) is 8.77. The minimum absolute atomic E-state index is 0.00118. The molecule has 1 amide bonds. The molecule has 0 spiro atoms. The van der Waals surface area contributed by atoms with Crippen molar-refractivity contribution in [2.75, 3.05) is 11.5 Å². The summed E-state index contributed by atoms with van der Waals surface area (Å²) in [6.07, 6.45) is 3.28. The third kappa shape index (κ3) is 3.57. The van der Waals surface area contributed by atoms with E-state index in [1.54, 1.807) is 13.8 Å². The Morgan fingerprint density at radius 2 is 1.91 bits per heavy atom. The molecule has 0 N–H and O–H groups in total. The van der Waals surface area contributed by atoms with Gasteiger partial charge in [-0.05, 0) is 45.6 Å². The first kappa shape index (κ1) is 21.8. The monoisotopic (exact) mass is 466 g/mol. The maximum absolute atomic E-state index is 13.7. The van der Waals surface area contributed by atoms with Crippen LogP contribution in [0.1, 0.15) is 65.1 Å². The number of aryl methyl sites for hydroxylation is 2. The zero-order chi connectivity index (χ0) is 23.3. The molecule has 3 aliphatic rings. The van der Waals surface area contributed by atoms with Gasteiger partial charge in [0, 0.05) is 0 Å². The predicted octanol–water partition coefficient (Wildman–Crippen LogP) is 4.44. The molecule has 1 aliphatic carbocycles. The minimum Gasteiger partial charge on any atom is -0.483 e. The number of ether oxygens (including phenoxy) is 2. The van der Waals surface area contributed by atoms with E-state index in [9.17, 15) is 14.4 Å². The van der Waals surface area contributed by atoms with Gasteiger partial charge in [0.1, 0.15) is 11.0 Å². The lowest BCUT2D eigenvalue weighted by atomic mass is 9.77. The van der Waals surface area contributed by atoms with E-state index in [2.05, 4.69) is 4.98 Å². The molecule has 2 aromatic rings. The molecule has 0 radical (unpaired) electrons. The van der Waals surface area contributed by atoms with E-state index in [1.165, 1.54) is 4.90 Å². The number of hydrogen-bond acceptors (Lipinski definition) is 7. The van der Waals surface area contributed by atoms with E-state index in [4.69, 9.17) is 9.47 Å². The number of hydrogen-bond donors (Lipinski definition) is 0. The number of thiazole rings is 1. The van der Waals surface area contributed by atoms with Crippen LogP contribution in [-0.2, 0) is 19.1 Å². The van der Waals surface area contributed by atoms with Crippen molar-refractivity contribution in [1.29, 1.82) is 0 Å². The highest BCUT2D eigenvalue weighted by atomic mass is 32.1. The van der Waals surface area contributed by atoms with Gasteiger partial charge in [0.2, 0.25) is 0 Å². The van der Waals surface area contributed by atoms with Crippen LogP contribution in [-0.4, -0.2) is 35.4 Å². The molecule has 0 saturated heterocycles. The molecule has 1 aromatic carbocycles. The molecule has 172 valence electrons. The first-order valence-corrected chi connectivity index (χ1v) is 12.2. The summed E-state index contributed by atoms with van der Waals surface area (Å²) in [6, 6.07) is 7.16. The Morgan fingerprint density at radius 1 is 1.18 bits per heavy atom. The van der Waals surface area contributed by atoms with Crippen molar-refractivity contribution < 1.29 is 23.9 Å². The number of aromatic nitrogens is 1. The Hall–Kier alpha value is -3.00. The Balaban J connectivity index is 1.62. The Bertz CT molecular complexity index is 1170. The maximum atomic E-state index is 13.7. The van der Waals surface area contributed by atoms with Gasteiger partial charge in [-0.1, -0.05) is 47.6 Å². The van der Waals surface area contributed by atoms with Crippen LogP contribution in [0.5, 0.6) is 0 Å². The van der Waals surface area contributed by atoms with E-state index in [0.717, 1.165) is 48.1 Å². The standard InChI is InChI=1S/C25H26N2O5S/c1-4-31-24(30)22-14(3)26-25(33-22)27-19(15-11-9-13(2)10-12-15)18-20(28)16-7-5-6-8-17(16)32-21(18)23(27)29/h9-12,16-17,19H,4-8H2,1-3H3. The van der Waals surface area contributed by atoms with E-state index >= 15 is 0 Å². The van der Waals surface area contributed by atoms with Crippen LogP contribution in [0.25, 0.3) is 0 Å². The number of carbonyl (C=O) groups excluding carboxylic acids is 3. The van der Waals surface area contributed by atoms with Gasteiger partial charge >= 0.3 is 5.97 Å². The lowest BCUT2D eigenvalue weighted by Crippen LogP contribution is -2.39. The zero-order valence-corrected chi connectivity index (χ0v) is 19.7. The Labute approximate surface area is 196 Å². The zero-order valence-electron chi connectivity index (χ0n) is 18.9. The van der Waals surface area contributed by atoms with Crippen molar-refractivity contribution in [3.05, 3.63) is 57.3 Å². The summed E-state index contributed by atoms with van der Waals surface area (Å²) in [4.78, 5) is 46.1. The maximum Gasteiger partial charge on any atom is 0.350 e. The first-order valence-electron chi connectivity index (χ1n) is 11.4. The first-order chi connectivity index (χ1) is 15.9. The number of anilines is 1. The molecule has 1 aromatic heterocycles. The molecular weight excluding hydrogens is 440 g/mol. The highest BCUT2D eigenvalue weighted by Gasteiger charge is 2.53. The average molecular weight is 467 g/mol. The van der Waals surface area contributed by atoms with Crippen molar-refractivity contribution in [3.8, 4) is 0 Å². The van der Waals surface area contributed by atoms with Gasteiger partial charge in [0.05, 0.1) is 29.8 Å². The highest BCUT2D eigenvalue weighted by Crippen LogP contribution is 2.49. The van der Waals surface area contributed by atoms with E-state index in [-0.39, 0.29) is 36.1 Å². The van der Waals surface area contributed by atoms with Crippen molar-refractivity contribution in [3.63, 3.8) is 0 Å². The SMILES string of the molecule is CCOC(=O)c1sc(N2C(=O)C3=C(C(=O)C4CCCCC4O3)C2c2ccc(C)cc2)nc1C. The minimum atomic E-state index is -0.635. The van der Waals surface area contributed by atoms with Gasteiger partial charge in [-0.3, -0.25) is 14.5 Å². The quantitative estimate of drug-likeness (QED) is 0.620. The molecule has 3 unspecified atom stereocenters. The number of fused-ring (bicyclic) bond motifs is 1. The second-order valence-corrected chi connectivity index (χ2v) is 9.75. The van der Waals surface area contributed by atoms with E-state index in [1.807, 2.05) is 31.2 Å². The number of esters is 1. The van der Waals surface area contributed by atoms with Gasteiger partial charge in [0.15, 0.2) is 16.7 Å². The van der Waals surface area contributed by atoms with Crippen LogP contribution in [0.2, 0.25) is 0 Å². The molecule has 5 rings (SSSR count). The molecule has 1 saturated carbocycles. The Kier molecular flexibility index (Phi) is 5.56. The third-order valence-electron chi connectivity index (χ3n) is 6.61. The number of benzene rings is 1. The van der Waals surface area contributed by atoms with Crippen molar-refractivity contribution in [1.82, 2.24) is 4.98 Å². The summed E-state index contributed by atoms with van der Waals surface area (Å²) >= 11 is 1.11. The molecule has 3 atom stereocenters. The van der Waals surface area contributed by atoms with Gasteiger partial charge in [0.25, 0.3) is 5.91 Å². The number of nitrogens with zero attached hydrogens (tertiary/aromatic N) is 2. The summed E-state index contributed by atoms with van der Waals surface area (Å²) in [5.74, 6) is -0.919. The molecule has 0 bridgehead atoms. The lowest BCUT2D eigenvalue weighted by molar-refractivity contribution is -0.131. The predicted molar refractivity (Wildman–Crippen MR) is 123 cm³/mol. The summed E-state index contributed by atoms with van der Waals surface area (Å²) in [5.41, 5.74) is 2.81. The number of rotatable bonds is 4. The summed E-state index contributed by atoms with van der Waals surface area (Å²) in [6.45, 7) is 5.70. The fourth-order valence-electron chi connectivity index (χ4n) is 4.98. The average Bonchev–Trinajstić information content (AvgIpc) is 3.32. The van der Waals surface area contributed by atoms with Gasteiger partial charge in [-0.2, -0.15) is 0 Å². The van der Waals surface area contributed by atoms with Gasteiger partial charge in [-0.15, -0.1) is 0 Å². The summed E-state index contributed by atoms with van der Waals surface area (Å²) < 4.78 is 11.4. The van der Waals surface area contributed by atoms with Crippen LogP contribution < -0.4 is 4.90 Å². The van der Waals surface area contributed by atoms with Crippen LogP contribution >= 0.6 is 11.3 Å². The smallest absolute Gasteiger partial charge is 0.350 e. The lowest BCUT2D eigenvalue weighted by Gasteiger charge is -2.35. The molecule has 1 fully saturated rings. The van der Waals surface area contributed by atoms with Crippen LogP contribution in [0.15, 0.2) is 35.6 Å². The fourth-order valence-corrected chi connectivity index (χ4v) is 5.97. The topological polar surface area (TPSA) is 85.8 Å². The normalized spacial score (nSPS) is 24.5. The van der Waals surface area contributed by atoms with E-state index < -0.39 is 12.0 Å². The van der Waals surface area contributed by atoms with E-state index in [0.29, 0.717) is 21.3 Å². The number of ketones is 1. The number of Topliss-reactive ketones (excluding diaryl/α,β-unsaturated/α-hetero) is 1. The molecule has 33 heavy (non-hydrogen) atoms. The molecule has 3 heterocycles. The summed E-state index contributed by atoms with van der Waals surface area (Å²) in [7, 11) is 0. The third-order valence-corrected chi connectivity index (χ3v) is 7.75. The highest BCUT2D eigenvalue weighted by molar-refractivity contribution is 7.17. The number of amides is 1. The second kappa shape index (κ2) is 8.41. The van der Waals surface area contributed by atoms with Gasteiger partial charge < -0.3 is 9.47 Å². The van der Waals surface area contributed by atoms with Crippen molar-refractivity contribution in [2.45, 2.75) is 58.6 Å². The molecule has 8 heteroatoms. The van der Waals surface area contributed by atoms with Crippen molar-refractivity contribution >= 4 is 34.1 Å². The molecular formula is C25H26N2O5S. The van der Waals surface area contributed by atoms with Gasteiger partial charge in [-0.25, -0.2) is 9.78 Å². The molecule has 7 nitrogen and oxygen atoms in total. The largest absolute Gasteiger partial charge is 0.483 e. The van der Waals surface area contributed by atoms with Crippen molar-refractivity contribution in [2.24, 2.45) is 5.92 Å². The Morgan fingerprint density at radius 3 is 2.64 bits per heavy atom. The van der Waals surface area contributed by atoms with Crippen LogP contribution in [0.3, 0.4) is 0 Å². The van der Waals surface area contributed by atoms with Crippen LogP contribution in [0, 0.1) is 19.8 Å². The number of carbonyl (C=O) groups is 3.